The molecule has 1 aliphatic rings. The molecule has 0 aromatic heterocycles. The molecular weight excluding hydrogens is 335 g/mol. The van der Waals surface area contributed by atoms with E-state index in [4.69, 9.17) is 22.1 Å². The van der Waals surface area contributed by atoms with E-state index >= 15 is 0 Å². The van der Waals surface area contributed by atoms with Crippen LogP contribution >= 0.6 is 24.0 Å². The summed E-state index contributed by atoms with van der Waals surface area (Å²) in [4.78, 5) is 14.7. The normalized spacial score (nSPS) is 16.9. The lowest BCUT2D eigenvalue weighted by atomic mass is 9.90. The number of benzene rings is 1. The monoisotopic (exact) mass is 360 g/mol. The number of nitrogens with zero attached hydrogens (tertiary/aromatic N) is 1. The van der Waals surface area contributed by atoms with Gasteiger partial charge in [-0.2, -0.15) is 0 Å². The van der Waals surface area contributed by atoms with Crippen molar-refractivity contribution in [1.82, 2.24) is 4.90 Å². The molecule has 1 saturated heterocycles. The van der Waals surface area contributed by atoms with Gasteiger partial charge < -0.3 is 15.4 Å². The van der Waals surface area contributed by atoms with Gasteiger partial charge in [0.1, 0.15) is 5.75 Å². The predicted octanol–water partition coefficient (Wildman–Crippen LogP) is 3.75. The minimum Gasteiger partial charge on any atom is -0.490 e. The lowest BCUT2D eigenvalue weighted by molar-refractivity contribution is 0.0675. The fourth-order valence-corrected chi connectivity index (χ4v) is 3.00. The Hall–Kier alpha value is -0.970. The number of rotatable bonds is 4. The first-order chi connectivity index (χ1) is 10.4. The van der Waals surface area contributed by atoms with Gasteiger partial charge in [0.05, 0.1) is 11.7 Å². The van der Waals surface area contributed by atoms with Gasteiger partial charge in [-0.15, -0.1) is 12.4 Å². The molecule has 0 bridgehead atoms. The summed E-state index contributed by atoms with van der Waals surface area (Å²) in [5.74, 6) is 1.08. The Labute approximate surface area is 149 Å². The van der Waals surface area contributed by atoms with E-state index in [1.807, 2.05) is 25.7 Å². The zero-order chi connectivity index (χ0) is 16.3. The van der Waals surface area contributed by atoms with Gasteiger partial charge in [0.2, 0.25) is 0 Å². The highest BCUT2D eigenvalue weighted by Crippen LogP contribution is 2.27. The smallest absolute Gasteiger partial charge is 0.257 e. The fraction of sp³-hybridized carbons (Fsp3) is 0.588. The van der Waals surface area contributed by atoms with E-state index in [1.165, 1.54) is 0 Å². The van der Waals surface area contributed by atoms with E-state index in [-0.39, 0.29) is 30.5 Å². The number of likely N-dealkylation sites (tertiary alicyclic amines) is 1. The van der Waals surface area contributed by atoms with Crippen LogP contribution in [0.5, 0.6) is 5.75 Å². The summed E-state index contributed by atoms with van der Waals surface area (Å²) in [5, 5.41) is 0.546. The number of nitrogens with two attached hydrogens (primary N) is 1. The van der Waals surface area contributed by atoms with Crippen LogP contribution in [0.1, 0.15) is 44.0 Å². The molecule has 0 spiro atoms. The molecule has 23 heavy (non-hydrogen) atoms. The molecule has 4 nitrogen and oxygen atoms in total. The molecule has 1 heterocycles. The summed E-state index contributed by atoms with van der Waals surface area (Å²) in [6.45, 7) is 7.39. The number of piperidine rings is 1. The third-order valence-corrected chi connectivity index (χ3v) is 4.34. The van der Waals surface area contributed by atoms with Gasteiger partial charge in [-0.3, -0.25) is 4.79 Å². The number of carbonyl (C=O) groups is 1. The van der Waals surface area contributed by atoms with Gasteiger partial charge in [-0.05, 0) is 57.7 Å². The quantitative estimate of drug-likeness (QED) is 0.889. The number of amides is 1. The largest absolute Gasteiger partial charge is 0.490 e. The number of carbonyl (C=O) groups excluding carboxylic acids is 1. The summed E-state index contributed by atoms with van der Waals surface area (Å²) in [6.07, 6.45) is 1.91. The summed E-state index contributed by atoms with van der Waals surface area (Å²) >= 11 is 6.06. The van der Waals surface area contributed by atoms with Crippen LogP contribution in [0.15, 0.2) is 18.2 Å². The standard InChI is InChI=1S/C17H25ClN2O2.ClH/c1-11(2)22-16-5-4-14(18)10-15(16)17(21)20-8-6-13(7-9-20)12(3)19;/h4-5,10-13H,6-9,19H2,1-3H3;1H. The Kier molecular flexibility index (Phi) is 7.65. The van der Waals surface area contributed by atoms with E-state index in [9.17, 15) is 4.79 Å². The first-order valence-electron chi connectivity index (χ1n) is 7.89. The third kappa shape index (κ3) is 5.27. The zero-order valence-electron chi connectivity index (χ0n) is 13.9. The van der Waals surface area contributed by atoms with Crippen LogP contribution in [0.4, 0.5) is 0 Å². The van der Waals surface area contributed by atoms with Crippen LogP contribution in [0.2, 0.25) is 5.02 Å². The molecule has 2 rings (SSSR count). The average molecular weight is 361 g/mol. The SMILES string of the molecule is CC(C)Oc1ccc(Cl)cc1C(=O)N1CCC(C(C)N)CC1.Cl. The minimum atomic E-state index is -0.0127. The number of hydrogen-bond donors (Lipinski definition) is 1. The van der Waals surface area contributed by atoms with Gasteiger partial charge in [-0.1, -0.05) is 11.6 Å². The van der Waals surface area contributed by atoms with Gasteiger partial charge in [0, 0.05) is 24.2 Å². The van der Waals surface area contributed by atoms with Crippen LogP contribution < -0.4 is 10.5 Å². The molecule has 0 aliphatic carbocycles. The highest BCUT2D eigenvalue weighted by Gasteiger charge is 2.27. The van der Waals surface area contributed by atoms with Crippen molar-refractivity contribution in [2.24, 2.45) is 11.7 Å². The number of ether oxygens (including phenoxy) is 1. The van der Waals surface area contributed by atoms with Crippen LogP contribution in [0, 0.1) is 5.92 Å². The zero-order valence-corrected chi connectivity index (χ0v) is 15.5. The van der Waals surface area contributed by atoms with E-state index in [0.29, 0.717) is 22.3 Å². The molecule has 1 amide bonds. The highest BCUT2D eigenvalue weighted by atomic mass is 35.5. The molecule has 130 valence electrons. The average Bonchev–Trinajstić information content (AvgIpc) is 2.48. The maximum atomic E-state index is 12.8. The molecule has 1 aromatic rings. The Morgan fingerprint density at radius 1 is 1.30 bits per heavy atom. The van der Waals surface area contributed by atoms with Gasteiger partial charge in [0.25, 0.3) is 5.91 Å². The second kappa shape index (κ2) is 8.76. The molecule has 1 aromatic carbocycles. The van der Waals surface area contributed by atoms with Crippen LogP contribution in [-0.2, 0) is 0 Å². The van der Waals surface area contributed by atoms with Gasteiger partial charge >= 0.3 is 0 Å². The van der Waals surface area contributed by atoms with Crippen molar-refractivity contribution >= 4 is 29.9 Å². The number of hydrogen-bond acceptors (Lipinski definition) is 3. The van der Waals surface area contributed by atoms with E-state index in [2.05, 4.69) is 0 Å². The Balaban J connectivity index is 0.00000264. The maximum Gasteiger partial charge on any atom is 0.257 e. The Morgan fingerprint density at radius 2 is 1.91 bits per heavy atom. The van der Waals surface area contributed by atoms with Crippen molar-refractivity contribution in [1.29, 1.82) is 0 Å². The summed E-state index contributed by atoms with van der Waals surface area (Å²) in [7, 11) is 0. The van der Waals surface area contributed by atoms with Gasteiger partial charge in [-0.25, -0.2) is 0 Å². The van der Waals surface area contributed by atoms with Crippen molar-refractivity contribution in [3.05, 3.63) is 28.8 Å². The van der Waals surface area contributed by atoms with Crippen LogP contribution in [0.25, 0.3) is 0 Å². The summed E-state index contributed by atoms with van der Waals surface area (Å²) in [6, 6.07) is 5.39. The van der Waals surface area contributed by atoms with Crippen molar-refractivity contribution in [2.45, 2.75) is 45.8 Å². The minimum absolute atomic E-state index is 0. The molecule has 1 aliphatic heterocycles. The molecular formula is C17H26Cl2N2O2. The van der Waals surface area contributed by atoms with E-state index in [0.717, 1.165) is 25.9 Å². The second-order valence-electron chi connectivity index (χ2n) is 6.30. The first kappa shape index (κ1) is 20.1. The van der Waals surface area contributed by atoms with Gasteiger partial charge in [0.15, 0.2) is 0 Å². The Morgan fingerprint density at radius 3 is 2.43 bits per heavy atom. The highest BCUT2D eigenvalue weighted by molar-refractivity contribution is 6.31. The topological polar surface area (TPSA) is 55.6 Å². The van der Waals surface area contributed by atoms with Crippen LogP contribution in [-0.4, -0.2) is 36.0 Å². The van der Waals surface area contributed by atoms with Crippen molar-refractivity contribution in [2.75, 3.05) is 13.1 Å². The predicted molar refractivity (Wildman–Crippen MR) is 96.7 cm³/mol. The second-order valence-corrected chi connectivity index (χ2v) is 6.73. The van der Waals surface area contributed by atoms with Crippen molar-refractivity contribution in [3.8, 4) is 5.75 Å². The number of halogens is 2. The molecule has 0 radical (unpaired) electrons. The first-order valence-corrected chi connectivity index (χ1v) is 8.27. The summed E-state index contributed by atoms with van der Waals surface area (Å²) in [5.41, 5.74) is 6.50. The van der Waals surface area contributed by atoms with Crippen molar-refractivity contribution < 1.29 is 9.53 Å². The molecule has 1 atom stereocenters. The lowest BCUT2D eigenvalue weighted by Gasteiger charge is -2.34. The van der Waals surface area contributed by atoms with Crippen LogP contribution in [0.3, 0.4) is 0 Å². The molecule has 0 saturated carbocycles. The maximum absolute atomic E-state index is 12.8. The lowest BCUT2D eigenvalue weighted by Crippen LogP contribution is -2.42. The molecule has 2 N–H and O–H groups in total. The summed E-state index contributed by atoms with van der Waals surface area (Å²) < 4.78 is 5.75. The molecule has 1 fully saturated rings. The Bertz CT molecular complexity index is 527. The van der Waals surface area contributed by atoms with E-state index < -0.39 is 0 Å². The fourth-order valence-electron chi connectivity index (χ4n) is 2.82. The molecule has 6 heteroatoms. The van der Waals surface area contributed by atoms with Crippen molar-refractivity contribution in [3.63, 3.8) is 0 Å². The van der Waals surface area contributed by atoms with E-state index in [1.54, 1.807) is 18.2 Å². The third-order valence-electron chi connectivity index (χ3n) is 4.11. The molecule has 1 unspecified atom stereocenters.